The largest absolute Gasteiger partial charge is 0.387 e. The fraction of sp³-hybridized carbons (Fsp3) is 0.600. The quantitative estimate of drug-likeness (QED) is 0.814. The molecule has 13 heavy (non-hydrogen) atoms. The van der Waals surface area contributed by atoms with Crippen molar-refractivity contribution >= 4 is 22.9 Å². The van der Waals surface area contributed by atoms with Crippen molar-refractivity contribution < 1.29 is 5.11 Å². The molecule has 0 fully saturated rings. The molecule has 1 aromatic heterocycles. The molecule has 0 radical (unpaired) electrons. The summed E-state index contributed by atoms with van der Waals surface area (Å²) in [5, 5.41) is 9.95. The van der Waals surface area contributed by atoms with Crippen molar-refractivity contribution in [3.05, 3.63) is 21.3 Å². The molecule has 1 atom stereocenters. The number of aliphatic hydroxyl groups is 1. The van der Waals surface area contributed by atoms with Crippen LogP contribution in [-0.2, 0) is 0 Å². The highest BCUT2D eigenvalue weighted by atomic mass is 35.5. The van der Waals surface area contributed by atoms with Gasteiger partial charge in [0.1, 0.15) is 0 Å². The van der Waals surface area contributed by atoms with E-state index in [2.05, 4.69) is 13.8 Å². The molecule has 74 valence electrons. The summed E-state index contributed by atoms with van der Waals surface area (Å²) in [5.74, 6) is 0.356. The average molecular weight is 219 g/mol. The molecule has 1 heterocycles. The summed E-state index contributed by atoms with van der Waals surface area (Å²) >= 11 is 7.27. The van der Waals surface area contributed by atoms with E-state index in [0.717, 1.165) is 22.1 Å². The van der Waals surface area contributed by atoms with Crippen LogP contribution in [0.1, 0.15) is 37.7 Å². The third-order valence-corrected chi connectivity index (χ3v) is 3.68. The topological polar surface area (TPSA) is 20.2 Å². The second-order valence-electron chi connectivity index (χ2n) is 3.16. The normalized spacial score (nSPS) is 13.6. The molecule has 0 saturated carbocycles. The maximum absolute atomic E-state index is 9.95. The summed E-state index contributed by atoms with van der Waals surface area (Å²) in [5.41, 5.74) is 0. The first-order valence-corrected chi connectivity index (χ1v) is 5.81. The van der Waals surface area contributed by atoms with Gasteiger partial charge in [-0.3, -0.25) is 0 Å². The summed E-state index contributed by atoms with van der Waals surface area (Å²) in [7, 11) is 0. The summed E-state index contributed by atoms with van der Waals surface area (Å²) < 4.78 is 0.750. The Kier molecular flexibility index (Phi) is 4.23. The number of rotatable bonds is 4. The van der Waals surface area contributed by atoms with Gasteiger partial charge in [-0.15, -0.1) is 11.3 Å². The van der Waals surface area contributed by atoms with Gasteiger partial charge in [0.15, 0.2) is 0 Å². The van der Waals surface area contributed by atoms with Gasteiger partial charge in [0.05, 0.1) is 10.4 Å². The Morgan fingerprint density at radius 3 is 2.38 bits per heavy atom. The van der Waals surface area contributed by atoms with E-state index in [9.17, 15) is 5.11 Å². The Bertz CT molecular complexity index is 255. The van der Waals surface area contributed by atoms with Gasteiger partial charge < -0.3 is 5.11 Å². The maximum Gasteiger partial charge on any atom is 0.0932 e. The molecule has 1 rings (SSSR count). The van der Waals surface area contributed by atoms with E-state index in [1.165, 1.54) is 11.3 Å². The summed E-state index contributed by atoms with van der Waals surface area (Å²) in [4.78, 5) is 0.985. The molecule has 0 saturated heterocycles. The maximum atomic E-state index is 9.95. The zero-order valence-corrected chi connectivity index (χ0v) is 9.53. The first-order valence-electron chi connectivity index (χ1n) is 4.62. The van der Waals surface area contributed by atoms with Gasteiger partial charge in [0.2, 0.25) is 0 Å². The molecule has 3 heteroatoms. The van der Waals surface area contributed by atoms with E-state index in [1.807, 2.05) is 12.1 Å². The predicted molar refractivity (Wildman–Crippen MR) is 58.4 cm³/mol. The van der Waals surface area contributed by atoms with Gasteiger partial charge in [-0.1, -0.05) is 38.3 Å². The molecule has 0 amide bonds. The monoisotopic (exact) mass is 218 g/mol. The lowest BCUT2D eigenvalue weighted by molar-refractivity contribution is 0.107. The van der Waals surface area contributed by atoms with Crippen molar-refractivity contribution in [2.75, 3.05) is 0 Å². The van der Waals surface area contributed by atoms with Gasteiger partial charge in [-0.25, -0.2) is 0 Å². The number of halogens is 1. The molecule has 0 aliphatic heterocycles. The van der Waals surface area contributed by atoms with Crippen LogP contribution in [0.15, 0.2) is 12.1 Å². The lowest BCUT2D eigenvalue weighted by atomic mass is 9.96. The molecular weight excluding hydrogens is 204 g/mol. The molecule has 0 spiro atoms. The smallest absolute Gasteiger partial charge is 0.0932 e. The van der Waals surface area contributed by atoms with E-state index in [1.54, 1.807) is 0 Å². The highest BCUT2D eigenvalue weighted by molar-refractivity contribution is 7.16. The highest BCUT2D eigenvalue weighted by Gasteiger charge is 2.18. The Labute approximate surface area is 88.4 Å². The van der Waals surface area contributed by atoms with Crippen molar-refractivity contribution in [1.29, 1.82) is 0 Å². The van der Waals surface area contributed by atoms with Crippen LogP contribution in [0.25, 0.3) is 0 Å². The standard InChI is InChI=1S/C10H15ClOS/c1-3-7(4-2)10(12)8-5-6-9(11)13-8/h5-7,10,12H,3-4H2,1-2H3. The predicted octanol–water partition coefficient (Wildman–Crippen LogP) is 3.87. The lowest BCUT2D eigenvalue weighted by Crippen LogP contribution is -2.09. The minimum Gasteiger partial charge on any atom is -0.387 e. The minimum absolute atomic E-state index is 0.340. The second-order valence-corrected chi connectivity index (χ2v) is 4.91. The summed E-state index contributed by atoms with van der Waals surface area (Å²) in [6.45, 7) is 4.21. The number of thiophene rings is 1. The van der Waals surface area contributed by atoms with Crippen LogP contribution in [0.4, 0.5) is 0 Å². The van der Waals surface area contributed by atoms with Crippen molar-refractivity contribution in [1.82, 2.24) is 0 Å². The van der Waals surface area contributed by atoms with Crippen LogP contribution >= 0.6 is 22.9 Å². The molecule has 1 N–H and O–H groups in total. The molecule has 0 bridgehead atoms. The van der Waals surface area contributed by atoms with Crippen molar-refractivity contribution in [2.24, 2.45) is 5.92 Å². The summed E-state index contributed by atoms with van der Waals surface area (Å²) in [6.07, 6.45) is 1.67. The molecule has 1 nitrogen and oxygen atoms in total. The fourth-order valence-corrected chi connectivity index (χ4v) is 2.60. The molecule has 1 unspecified atom stereocenters. The fourth-order valence-electron chi connectivity index (χ4n) is 1.45. The van der Waals surface area contributed by atoms with Gasteiger partial charge in [0, 0.05) is 4.88 Å². The zero-order valence-electron chi connectivity index (χ0n) is 7.96. The third-order valence-electron chi connectivity index (χ3n) is 2.38. The van der Waals surface area contributed by atoms with Crippen LogP contribution in [-0.4, -0.2) is 5.11 Å². The minimum atomic E-state index is -0.340. The highest BCUT2D eigenvalue weighted by Crippen LogP contribution is 2.33. The molecule has 0 aliphatic rings. The first-order chi connectivity index (χ1) is 6.19. The van der Waals surface area contributed by atoms with Crippen molar-refractivity contribution in [3.8, 4) is 0 Å². The van der Waals surface area contributed by atoms with Gasteiger partial charge >= 0.3 is 0 Å². The van der Waals surface area contributed by atoms with Crippen LogP contribution in [0.5, 0.6) is 0 Å². The second kappa shape index (κ2) is 4.99. The van der Waals surface area contributed by atoms with E-state index in [-0.39, 0.29) is 6.10 Å². The SMILES string of the molecule is CCC(CC)C(O)c1ccc(Cl)s1. The Morgan fingerprint density at radius 1 is 1.38 bits per heavy atom. The van der Waals surface area contributed by atoms with Crippen LogP contribution in [0, 0.1) is 5.92 Å². The third kappa shape index (κ3) is 2.70. The van der Waals surface area contributed by atoms with Crippen LogP contribution in [0.2, 0.25) is 4.34 Å². The Morgan fingerprint density at radius 2 is 2.00 bits per heavy atom. The van der Waals surface area contributed by atoms with Crippen LogP contribution < -0.4 is 0 Å². The first kappa shape index (κ1) is 11.0. The number of hydrogen-bond donors (Lipinski definition) is 1. The van der Waals surface area contributed by atoms with Gasteiger partial charge in [-0.05, 0) is 18.1 Å². The van der Waals surface area contributed by atoms with E-state index in [0.29, 0.717) is 5.92 Å². The van der Waals surface area contributed by atoms with Crippen molar-refractivity contribution in [2.45, 2.75) is 32.8 Å². The Balaban J connectivity index is 2.71. The average Bonchev–Trinajstić information content (AvgIpc) is 2.54. The molecule has 1 aromatic rings. The van der Waals surface area contributed by atoms with Crippen LogP contribution in [0.3, 0.4) is 0 Å². The lowest BCUT2D eigenvalue weighted by Gasteiger charge is -2.18. The number of aliphatic hydroxyl groups excluding tert-OH is 1. The zero-order chi connectivity index (χ0) is 9.84. The van der Waals surface area contributed by atoms with Crippen molar-refractivity contribution in [3.63, 3.8) is 0 Å². The van der Waals surface area contributed by atoms with Gasteiger partial charge in [-0.2, -0.15) is 0 Å². The Hall–Kier alpha value is -0.0500. The molecule has 0 aromatic carbocycles. The van der Waals surface area contributed by atoms with E-state index in [4.69, 9.17) is 11.6 Å². The summed E-state index contributed by atoms with van der Waals surface area (Å²) in [6, 6.07) is 3.75. The van der Waals surface area contributed by atoms with E-state index >= 15 is 0 Å². The molecular formula is C10H15ClOS. The van der Waals surface area contributed by atoms with Gasteiger partial charge in [0.25, 0.3) is 0 Å². The molecule has 0 aliphatic carbocycles. The number of hydrogen-bond acceptors (Lipinski definition) is 2. The van der Waals surface area contributed by atoms with E-state index < -0.39 is 0 Å².